The quantitative estimate of drug-likeness (QED) is 0.895. The standard InChI is InChI=1S/C15H13NO4/c17-13(12-2-1-9-20-12)16-11-5-3-10(4-6-11)15(7-8-15)14(18)19/h1-6,9H,7-8H2,(H,16,17)(H,18,19). The van der Waals surface area contributed by atoms with Crippen LogP contribution >= 0.6 is 0 Å². The van der Waals surface area contributed by atoms with E-state index in [1.54, 1.807) is 36.4 Å². The van der Waals surface area contributed by atoms with E-state index in [1.807, 2.05) is 0 Å². The van der Waals surface area contributed by atoms with Gasteiger partial charge in [0, 0.05) is 5.69 Å². The van der Waals surface area contributed by atoms with Crippen LogP contribution in [0.1, 0.15) is 29.0 Å². The lowest BCUT2D eigenvalue weighted by atomic mass is 9.96. The molecule has 0 saturated heterocycles. The minimum Gasteiger partial charge on any atom is -0.481 e. The maximum Gasteiger partial charge on any atom is 0.314 e. The number of amides is 1. The molecule has 1 aromatic heterocycles. The Labute approximate surface area is 115 Å². The Hall–Kier alpha value is -2.56. The molecule has 0 unspecified atom stereocenters. The van der Waals surface area contributed by atoms with Crippen molar-refractivity contribution in [1.82, 2.24) is 0 Å². The average Bonchev–Trinajstić information content (AvgIpc) is 3.07. The normalized spacial score (nSPS) is 15.6. The lowest BCUT2D eigenvalue weighted by Gasteiger charge is -2.11. The van der Waals surface area contributed by atoms with E-state index in [0.29, 0.717) is 18.5 Å². The van der Waals surface area contributed by atoms with Crippen molar-refractivity contribution in [3.8, 4) is 0 Å². The molecule has 1 amide bonds. The Balaban J connectivity index is 1.74. The second-order valence-corrected chi connectivity index (χ2v) is 4.90. The van der Waals surface area contributed by atoms with Crippen molar-refractivity contribution in [2.75, 3.05) is 5.32 Å². The molecule has 1 fully saturated rings. The topological polar surface area (TPSA) is 79.5 Å². The number of anilines is 1. The molecule has 1 heterocycles. The third-order valence-electron chi connectivity index (χ3n) is 3.60. The van der Waals surface area contributed by atoms with Crippen LogP contribution in [0.5, 0.6) is 0 Å². The highest BCUT2D eigenvalue weighted by Gasteiger charge is 2.51. The smallest absolute Gasteiger partial charge is 0.314 e. The predicted molar refractivity (Wildman–Crippen MR) is 71.7 cm³/mol. The SMILES string of the molecule is O=C(Nc1ccc(C2(C(=O)O)CC2)cc1)c1ccco1. The number of carboxylic acids is 1. The van der Waals surface area contributed by atoms with Crippen molar-refractivity contribution >= 4 is 17.6 Å². The average molecular weight is 271 g/mol. The van der Waals surface area contributed by atoms with Crippen molar-refractivity contribution < 1.29 is 19.1 Å². The lowest BCUT2D eigenvalue weighted by Crippen LogP contribution is -2.19. The minimum atomic E-state index is -0.787. The highest BCUT2D eigenvalue weighted by molar-refractivity contribution is 6.02. The summed E-state index contributed by atoms with van der Waals surface area (Å²) in [7, 11) is 0. The molecule has 0 radical (unpaired) electrons. The summed E-state index contributed by atoms with van der Waals surface area (Å²) in [4.78, 5) is 23.0. The van der Waals surface area contributed by atoms with E-state index in [-0.39, 0.29) is 11.7 Å². The summed E-state index contributed by atoms with van der Waals surface area (Å²) < 4.78 is 5.00. The molecule has 1 aliphatic carbocycles. The van der Waals surface area contributed by atoms with Gasteiger partial charge in [-0.1, -0.05) is 12.1 Å². The van der Waals surface area contributed by atoms with Crippen LogP contribution in [0.4, 0.5) is 5.69 Å². The third kappa shape index (κ3) is 2.07. The van der Waals surface area contributed by atoms with Gasteiger partial charge in [-0.05, 0) is 42.7 Å². The molecule has 5 heteroatoms. The summed E-state index contributed by atoms with van der Waals surface area (Å²) in [6.45, 7) is 0. The zero-order valence-corrected chi connectivity index (χ0v) is 10.6. The van der Waals surface area contributed by atoms with Crippen molar-refractivity contribution in [2.45, 2.75) is 18.3 Å². The number of rotatable bonds is 4. The summed E-state index contributed by atoms with van der Waals surface area (Å²) in [6.07, 6.45) is 2.77. The maximum absolute atomic E-state index is 11.8. The fraction of sp³-hybridized carbons (Fsp3) is 0.200. The highest BCUT2D eigenvalue weighted by Crippen LogP contribution is 2.48. The van der Waals surface area contributed by atoms with Gasteiger partial charge in [0.15, 0.2) is 5.76 Å². The molecule has 1 saturated carbocycles. The van der Waals surface area contributed by atoms with Gasteiger partial charge in [-0.2, -0.15) is 0 Å². The zero-order chi connectivity index (χ0) is 14.2. The number of benzene rings is 1. The number of carboxylic acid groups (broad SMARTS) is 1. The largest absolute Gasteiger partial charge is 0.481 e. The van der Waals surface area contributed by atoms with E-state index in [0.717, 1.165) is 5.56 Å². The van der Waals surface area contributed by atoms with Gasteiger partial charge in [0.1, 0.15) is 0 Å². The number of hydrogen-bond acceptors (Lipinski definition) is 3. The first-order valence-electron chi connectivity index (χ1n) is 6.31. The number of furan rings is 1. The highest BCUT2D eigenvalue weighted by atomic mass is 16.4. The van der Waals surface area contributed by atoms with Crippen LogP contribution in [0.15, 0.2) is 47.1 Å². The molecule has 0 atom stereocenters. The molecule has 3 rings (SSSR count). The van der Waals surface area contributed by atoms with E-state index in [9.17, 15) is 14.7 Å². The molecule has 0 aliphatic heterocycles. The number of aliphatic carboxylic acids is 1. The van der Waals surface area contributed by atoms with Crippen LogP contribution in [0, 0.1) is 0 Å². The van der Waals surface area contributed by atoms with Gasteiger partial charge in [0.05, 0.1) is 11.7 Å². The van der Waals surface area contributed by atoms with Crippen molar-refractivity contribution in [2.24, 2.45) is 0 Å². The first-order chi connectivity index (χ1) is 9.62. The Morgan fingerprint density at radius 3 is 2.35 bits per heavy atom. The van der Waals surface area contributed by atoms with Crippen molar-refractivity contribution in [1.29, 1.82) is 0 Å². The summed E-state index contributed by atoms with van der Waals surface area (Å²) >= 11 is 0. The van der Waals surface area contributed by atoms with Gasteiger partial charge in [0.2, 0.25) is 0 Å². The van der Waals surface area contributed by atoms with E-state index in [4.69, 9.17) is 4.42 Å². The maximum atomic E-state index is 11.8. The van der Waals surface area contributed by atoms with Crippen LogP contribution in [-0.4, -0.2) is 17.0 Å². The lowest BCUT2D eigenvalue weighted by molar-refractivity contribution is -0.140. The minimum absolute atomic E-state index is 0.235. The van der Waals surface area contributed by atoms with Gasteiger partial charge < -0.3 is 14.8 Å². The Morgan fingerprint density at radius 1 is 1.15 bits per heavy atom. The first kappa shape index (κ1) is 12.5. The molecule has 2 N–H and O–H groups in total. The molecule has 0 bridgehead atoms. The number of carbonyl (C=O) groups is 2. The van der Waals surface area contributed by atoms with E-state index >= 15 is 0 Å². The number of nitrogens with one attached hydrogen (secondary N) is 1. The molecule has 1 aromatic carbocycles. The molecule has 2 aromatic rings. The second kappa shape index (κ2) is 4.52. The number of hydrogen-bond donors (Lipinski definition) is 2. The zero-order valence-electron chi connectivity index (χ0n) is 10.6. The van der Waals surface area contributed by atoms with Gasteiger partial charge in [-0.25, -0.2) is 0 Å². The Bertz CT molecular complexity index is 639. The monoisotopic (exact) mass is 271 g/mol. The van der Waals surface area contributed by atoms with Gasteiger partial charge >= 0.3 is 5.97 Å². The van der Waals surface area contributed by atoms with E-state index < -0.39 is 11.4 Å². The molecular weight excluding hydrogens is 258 g/mol. The Morgan fingerprint density at radius 2 is 1.85 bits per heavy atom. The molecule has 0 spiro atoms. The second-order valence-electron chi connectivity index (χ2n) is 4.90. The molecule has 102 valence electrons. The van der Waals surface area contributed by atoms with Crippen LogP contribution < -0.4 is 5.32 Å². The number of carbonyl (C=O) groups excluding carboxylic acids is 1. The summed E-state index contributed by atoms with van der Waals surface area (Å²) in [5.74, 6) is -0.884. The van der Waals surface area contributed by atoms with E-state index in [2.05, 4.69) is 5.32 Å². The van der Waals surface area contributed by atoms with Crippen LogP contribution in [-0.2, 0) is 10.2 Å². The van der Waals surface area contributed by atoms with Crippen LogP contribution in [0.2, 0.25) is 0 Å². The van der Waals surface area contributed by atoms with Gasteiger partial charge in [-0.15, -0.1) is 0 Å². The van der Waals surface area contributed by atoms with Gasteiger partial charge in [-0.3, -0.25) is 9.59 Å². The van der Waals surface area contributed by atoms with Crippen molar-refractivity contribution in [3.63, 3.8) is 0 Å². The molecular formula is C15H13NO4. The molecule has 20 heavy (non-hydrogen) atoms. The van der Waals surface area contributed by atoms with Crippen LogP contribution in [0.3, 0.4) is 0 Å². The molecule has 5 nitrogen and oxygen atoms in total. The van der Waals surface area contributed by atoms with Crippen LogP contribution in [0.25, 0.3) is 0 Å². The fourth-order valence-electron chi connectivity index (χ4n) is 2.22. The molecule has 1 aliphatic rings. The predicted octanol–water partition coefficient (Wildman–Crippen LogP) is 2.65. The van der Waals surface area contributed by atoms with Crippen molar-refractivity contribution in [3.05, 3.63) is 54.0 Å². The fourth-order valence-corrected chi connectivity index (χ4v) is 2.22. The van der Waals surface area contributed by atoms with Gasteiger partial charge in [0.25, 0.3) is 5.91 Å². The van der Waals surface area contributed by atoms with E-state index in [1.165, 1.54) is 6.26 Å². The summed E-state index contributed by atoms with van der Waals surface area (Å²) in [5, 5.41) is 11.9. The summed E-state index contributed by atoms with van der Waals surface area (Å²) in [5.41, 5.74) is 0.668. The Kier molecular flexibility index (Phi) is 2.82. The summed E-state index contributed by atoms with van der Waals surface area (Å²) in [6, 6.07) is 10.1. The third-order valence-corrected chi connectivity index (χ3v) is 3.60. The first-order valence-corrected chi connectivity index (χ1v) is 6.31.